The number of para-hydroxylation sites is 1. The minimum atomic E-state index is -0.358. The van der Waals surface area contributed by atoms with Crippen LogP contribution in [0.4, 0.5) is 5.69 Å². The minimum Gasteiger partial charge on any atom is -0.411 e. The molecule has 1 N–H and O–H groups in total. The van der Waals surface area contributed by atoms with Crippen LogP contribution in [-0.2, 0) is 4.79 Å². The number of hydrogen-bond donors (Lipinski definition) is 1. The maximum Gasteiger partial charge on any atom is 0.277 e. The Kier molecular flexibility index (Phi) is 5.19. The van der Waals surface area contributed by atoms with Crippen LogP contribution >= 0.6 is 11.8 Å². The van der Waals surface area contributed by atoms with Crippen molar-refractivity contribution in [3.8, 4) is 11.5 Å². The van der Waals surface area contributed by atoms with Crippen molar-refractivity contribution in [2.45, 2.75) is 31.2 Å². The van der Waals surface area contributed by atoms with Gasteiger partial charge in [0.05, 0.1) is 5.25 Å². The molecule has 1 aromatic heterocycles. The van der Waals surface area contributed by atoms with Gasteiger partial charge in [-0.1, -0.05) is 48.2 Å². The van der Waals surface area contributed by atoms with Crippen molar-refractivity contribution in [3.63, 3.8) is 0 Å². The van der Waals surface area contributed by atoms with Gasteiger partial charge < -0.3 is 9.73 Å². The Morgan fingerprint density at radius 2 is 1.72 bits per heavy atom. The summed E-state index contributed by atoms with van der Waals surface area (Å²) in [6, 6.07) is 15.5. The summed E-state index contributed by atoms with van der Waals surface area (Å²) in [6.45, 7) is 5.77. The quantitative estimate of drug-likeness (QED) is 0.685. The molecule has 1 atom stereocenters. The molecule has 0 radical (unpaired) electrons. The molecule has 3 aromatic rings. The Morgan fingerprint density at radius 1 is 1.04 bits per heavy atom. The lowest BCUT2D eigenvalue weighted by molar-refractivity contribution is -0.115. The van der Waals surface area contributed by atoms with E-state index in [0.717, 1.165) is 22.4 Å². The number of rotatable bonds is 5. The average molecular weight is 353 g/mol. The molecule has 1 heterocycles. The molecule has 25 heavy (non-hydrogen) atoms. The maximum atomic E-state index is 12.5. The molecule has 1 amide bonds. The number of carbonyl (C=O) groups is 1. The highest BCUT2D eigenvalue weighted by Gasteiger charge is 2.20. The fraction of sp³-hybridized carbons (Fsp3) is 0.211. The molecule has 0 bridgehead atoms. The fourth-order valence-corrected chi connectivity index (χ4v) is 3.08. The topological polar surface area (TPSA) is 68.0 Å². The number of anilines is 1. The van der Waals surface area contributed by atoms with Crippen LogP contribution in [0.1, 0.15) is 18.1 Å². The lowest BCUT2D eigenvalue weighted by atomic mass is 10.1. The van der Waals surface area contributed by atoms with Crippen molar-refractivity contribution >= 4 is 23.4 Å². The zero-order valence-corrected chi connectivity index (χ0v) is 15.1. The van der Waals surface area contributed by atoms with E-state index in [9.17, 15) is 4.79 Å². The van der Waals surface area contributed by atoms with Gasteiger partial charge in [0.25, 0.3) is 5.22 Å². The van der Waals surface area contributed by atoms with Crippen LogP contribution in [0.3, 0.4) is 0 Å². The van der Waals surface area contributed by atoms with Crippen molar-refractivity contribution < 1.29 is 9.21 Å². The summed E-state index contributed by atoms with van der Waals surface area (Å²) in [5.41, 5.74) is 3.79. The second-order valence-electron chi connectivity index (χ2n) is 5.76. The Hall–Kier alpha value is -2.60. The predicted molar refractivity (Wildman–Crippen MR) is 99.6 cm³/mol. The second-order valence-corrected chi connectivity index (χ2v) is 7.05. The molecule has 5 nitrogen and oxygen atoms in total. The van der Waals surface area contributed by atoms with Gasteiger partial charge in [-0.05, 0) is 44.0 Å². The lowest BCUT2D eigenvalue weighted by Crippen LogP contribution is -2.23. The van der Waals surface area contributed by atoms with Crippen molar-refractivity contribution in [3.05, 3.63) is 59.7 Å². The molecule has 0 fully saturated rings. The molecule has 0 saturated heterocycles. The van der Waals surface area contributed by atoms with Gasteiger partial charge in [0.15, 0.2) is 0 Å². The van der Waals surface area contributed by atoms with E-state index in [1.807, 2.05) is 69.3 Å². The Bertz CT molecular complexity index is 857. The normalized spacial score (nSPS) is 12.0. The van der Waals surface area contributed by atoms with Crippen molar-refractivity contribution in [2.24, 2.45) is 0 Å². The third kappa shape index (κ3) is 4.09. The first-order chi connectivity index (χ1) is 12.0. The van der Waals surface area contributed by atoms with Crippen molar-refractivity contribution in [1.29, 1.82) is 0 Å². The number of nitrogens with zero attached hydrogens (tertiary/aromatic N) is 2. The van der Waals surface area contributed by atoms with E-state index >= 15 is 0 Å². The predicted octanol–water partition coefficient (Wildman–Crippen LogP) is 4.47. The Balaban J connectivity index is 1.67. The molecule has 0 saturated carbocycles. The number of thioether (sulfide) groups is 1. The van der Waals surface area contributed by atoms with Crippen LogP contribution in [0.2, 0.25) is 0 Å². The Labute approximate surface area is 150 Å². The molecule has 0 spiro atoms. The lowest BCUT2D eigenvalue weighted by Gasteiger charge is -2.14. The van der Waals surface area contributed by atoms with Crippen LogP contribution in [0.15, 0.2) is 58.2 Å². The molecule has 1 unspecified atom stereocenters. The third-order valence-electron chi connectivity index (χ3n) is 3.80. The molecule has 2 aromatic carbocycles. The number of hydrogen-bond acceptors (Lipinski definition) is 5. The zero-order chi connectivity index (χ0) is 17.8. The van der Waals surface area contributed by atoms with Crippen LogP contribution in [-0.4, -0.2) is 21.4 Å². The number of amides is 1. The van der Waals surface area contributed by atoms with Gasteiger partial charge >= 0.3 is 0 Å². The van der Waals surface area contributed by atoms with Gasteiger partial charge in [-0.3, -0.25) is 4.79 Å². The van der Waals surface area contributed by atoms with Crippen LogP contribution in [0.25, 0.3) is 11.5 Å². The Morgan fingerprint density at radius 3 is 2.40 bits per heavy atom. The summed E-state index contributed by atoms with van der Waals surface area (Å²) in [5, 5.41) is 11.1. The molecule has 128 valence electrons. The number of carbonyl (C=O) groups excluding carboxylic acids is 1. The maximum absolute atomic E-state index is 12.5. The van der Waals surface area contributed by atoms with Crippen LogP contribution < -0.4 is 5.32 Å². The smallest absolute Gasteiger partial charge is 0.277 e. The molecular formula is C19H19N3O2S. The molecule has 0 aliphatic rings. The van der Waals surface area contributed by atoms with E-state index in [-0.39, 0.29) is 11.2 Å². The van der Waals surface area contributed by atoms with Gasteiger partial charge in [-0.2, -0.15) is 0 Å². The molecule has 0 aliphatic carbocycles. The number of benzene rings is 2. The summed E-state index contributed by atoms with van der Waals surface area (Å²) < 4.78 is 5.65. The van der Waals surface area contributed by atoms with E-state index in [2.05, 4.69) is 15.5 Å². The van der Waals surface area contributed by atoms with E-state index in [1.54, 1.807) is 0 Å². The summed E-state index contributed by atoms with van der Waals surface area (Å²) in [5.74, 6) is 0.354. The molecule has 3 rings (SSSR count). The number of aryl methyl sites for hydroxylation is 2. The first kappa shape index (κ1) is 17.2. The fourth-order valence-electron chi connectivity index (χ4n) is 2.40. The summed E-state index contributed by atoms with van der Waals surface area (Å²) in [6.07, 6.45) is 0. The van der Waals surface area contributed by atoms with Gasteiger partial charge in [-0.25, -0.2) is 0 Å². The molecular weight excluding hydrogens is 334 g/mol. The van der Waals surface area contributed by atoms with Crippen molar-refractivity contribution in [2.75, 3.05) is 5.32 Å². The van der Waals surface area contributed by atoms with Gasteiger partial charge in [0.2, 0.25) is 11.8 Å². The van der Waals surface area contributed by atoms with E-state index in [4.69, 9.17) is 4.42 Å². The van der Waals surface area contributed by atoms with Gasteiger partial charge in [0.1, 0.15) is 0 Å². The number of aromatic nitrogens is 2. The number of nitrogens with one attached hydrogen (secondary N) is 1. The summed E-state index contributed by atoms with van der Waals surface area (Å²) in [7, 11) is 0. The average Bonchev–Trinajstić information content (AvgIpc) is 3.07. The highest BCUT2D eigenvalue weighted by atomic mass is 32.2. The SMILES string of the molecule is Cc1cccc(C)c1NC(=O)C(C)Sc1nnc(-c2ccccc2)o1. The molecule has 6 heteroatoms. The highest BCUT2D eigenvalue weighted by molar-refractivity contribution is 8.00. The van der Waals surface area contributed by atoms with Crippen molar-refractivity contribution in [1.82, 2.24) is 10.2 Å². The van der Waals surface area contributed by atoms with Crippen LogP contribution in [0.5, 0.6) is 0 Å². The summed E-state index contributed by atoms with van der Waals surface area (Å²) in [4.78, 5) is 12.5. The standard InChI is InChI=1S/C19H19N3O2S/c1-12-8-7-9-13(2)16(12)20-17(23)14(3)25-19-22-21-18(24-19)15-10-5-4-6-11-15/h4-11,14H,1-3H3,(H,20,23). The van der Waals surface area contributed by atoms with Gasteiger partial charge in [-0.15, -0.1) is 10.2 Å². The molecule has 0 aliphatic heterocycles. The minimum absolute atomic E-state index is 0.0955. The van der Waals surface area contributed by atoms with Crippen LogP contribution in [0, 0.1) is 13.8 Å². The second kappa shape index (κ2) is 7.53. The third-order valence-corrected chi connectivity index (χ3v) is 4.74. The largest absolute Gasteiger partial charge is 0.411 e. The summed E-state index contributed by atoms with van der Waals surface area (Å²) >= 11 is 1.25. The van der Waals surface area contributed by atoms with Gasteiger partial charge in [0, 0.05) is 11.3 Å². The monoisotopic (exact) mass is 353 g/mol. The van der Waals surface area contributed by atoms with E-state index in [0.29, 0.717) is 11.1 Å². The van der Waals surface area contributed by atoms with E-state index in [1.165, 1.54) is 11.8 Å². The highest BCUT2D eigenvalue weighted by Crippen LogP contribution is 2.27. The van der Waals surface area contributed by atoms with E-state index < -0.39 is 0 Å². The first-order valence-electron chi connectivity index (χ1n) is 7.97. The first-order valence-corrected chi connectivity index (χ1v) is 8.85. The zero-order valence-electron chi connectivity index (χ0n) is 14.3.